The molecule has 5 aromatic heterocycles. The number of rotatable bonds is 46. The van der Waals surface area contributed by atoms with Crippen LogP contribution >= 0.6 is 0 Å². The number of ether oxygens (including phenoxy) is 21. The van der Waals surface area contributed by atoms with E-state index in [9.17, 15) is 102 Å². The smallest absolute Gasteiger partial charge is 0.253 e. The van der Waals surface area contributed by atoms with Gasteiger partial charge >= 0.3 is 0 Å². The topological polar surface area (TPSA) is 752 Å². The van der Waals surface area contributed by atoms with Gasteiger partial charge in [-0.2, -0.15) is 0 Å². The van der Waals surface area contributed by atoms with Crippen molar-refractivity contribution in [2.45, 2.75) is 218 Å². The van der Waals surface area contributed by atoms with Crippen LogP contribution in [-0.4, -0.2) is 467 Å². The second kappa shape index (κ2) is 44.2. The molecule has 56 heteroatoms. The molecule has 0 saturated carbocycles. The summed E-state index contributed by atoms with van der Waals surface area (Å²) in [6.07, 6.45) is -39.5. The van der Waals surface area contributed by atoms with Gasteiger partial charge in [0.05, 0.1) is 104 Å². The Hall–Kier alpha value is -6.74. The van der Waals surface area contributed by atoms with Gasteiger partial charge < -0.3 is 202 Å². The summed E-state index contributed by atoms with van der Waals surface area (Å²) < 4.78 is 129. The van der Waals surface area contributed by atoms with Crippen LogP contribution < -0.4 is 23.7 Å². The van der Waals surface area contributed by atoms with Crippen molar-refractivity contribution < 1.29 is 202 Å². The molecule has 6 saturated heterocycles. The molecule has 0 aliphatic carbocycles. The monoisotopic (exact) mass is 1700 g/mol. The van der Waals surface area contributed by atoms with E-state index in [0.717, 1.165) is 0 Å². The van der Waals surface area contributed by atoms with Gasteiger partial charge in [-0.3, -0.25) is 0 Å². The first-order valence-corrected chi connectivity index (χ1v) is 36.4. The Morgan fingerprint density at radius 1 is 0.239 bits per heavy atom. The molecule has 11 rings (SSSR count). The maximum absolute atomic E-state index is 10.5. The first-order chi connectivity index (χ1) is 56.5. The van der Waals surface area contributed by atoms with E-state index in [4.69, 9.17) is 99.5 Å². The van der Waals surface area contributed by atoms with E-state index in [2.05, 4.69) is 51.6 Å². The van der Waals surface area contributed by atoms with E-state index < -0.39 is 251 Å². The van der Waals surface area contributed by atoms with Crippen molar-refractivity contribution in [2.24, 2.45) is 0 Å². The summed E-state index contributed by atoms with van der Waals surface area (Å²) in [7, 11) is 0. The summed E-state index contributed by atoms with van der Waals surface area (Å²) in [4.78, 5) is 0. The summed E-state index contributed by atoms with van der Waals surface area (Å²) in [6, 6.07) is 0. The third-order valence-corrected chi connectivity index (χ3v) is 18.6. The third kappa shape index (κ3) is 23.9. The molecule has 117 heavy (non-hydrogen) atoms. The largest absolute Gasteiger partial charge is 0.473 e. The van der Waals surface area contributed by atoms with Gasteiger partial charge in [0, 0.05) is 0 Å². The molecule has 20 N–H and O–H groups in total. The number of aliphatic hydroxyl groups excluding tert-OH is 20. The number of aliphatic hydroxyl groups is 20. The van der Waals surface area contributed by atoms with Crippen LogP contribution in [0.25, 0.3) is 0 Å². The normalized spacial score (nSPS) is 35.5. The molecule has 6 aliphatic heterocycles. The molecular formula is C61H97N15O41. The molecule has 0 bridgehead atoms. The molecule has 0 spiro atoms. The van der Waals surface area contributed by atoms with Crippen LogP contribution in [0.2, 0.25) is 0 Å². The van der Waals surface area contributed by atoms with E-state index >= 15 is 0 Å². The van der Waals surface area contributed by atoms with Gasteiger partial charge in [-0.05, 0) is 0 Å². The van der Waals surface area contributed by atoms with E-state index in [1.54, 1.807) is 0 Å². The second-order valence-corrected chi connectivity index (χ2v) is 26.7. The number of nitrogens with zero attached hydrogens (tertiary/aromatic N) is 15. The van der Waals surface area contributed by atoms with Gasteiger partial charge in [-0.25, -0.2) is 23.4 Å². The van der Waals surface area contributed by atoms with Crippen LogP contribution in [0.15, 0.2) is 31.0 Å². The van der Waals surface area contributed by atoms with Gasteiger partial charge in [0.15, 0.2) is 37.7 Å². The Morgan fingerprint density at radius 3 is 0.735 bits per heavy atom. The van der Waals surface area contributed by atoms with Crippen LogP contribution in [0.4, 0.5) is 0 Å². The molecule has 0 radical (unpaired) electrons. The fraction of sp³-hybridized carbons (Fsp3) is 0.836. The van der Waals surface area contributed by atoms with Crippen LogP contribution in [-0.2, 0) is 109 Å². The third-order valence-electron chi connectivity index (χ3n) is 18.6. The Morgan fingerprint density at radius 2 is 0.470 bits per heavy atom. The highest BCUT2D eigenvalue weighted by atomic mass is 16.8. The SMILES string of the molecule is OC[C@H]1O[C@H](OCCOc2cn(COC[C@H]3O[C@@H](OCn4cc(OCCO[C@H]5O[C@H](CO)[C@@H](O)[C@H](O)[C@@H]5O)nn4)[C@H](OCn4cc(OCCO[C@H]5O[C@H](CO)[C@@H](O)[C@H](O)[C@@H]5O)nn4)[C@@H](OCn4cc(OCCO[C@H]5O[C@H](CO)[C@@H](O)[C@H](O)[C@@H]5O)nn4)[C@@H]3OCn3cc(OCCO[C@H]4O[C@H](CO)[C@@H](O)[C@H](O)[C@@H]4O)nn3)nn2)[C@@H](O)[C@@H](O)[C@@H]1O. The quantitative estimate of drug-likeness (QED) is 0.0161. The zero-order valence-electron chi connectivity index (χ0n) is 61.8. The Kier molecular flexibility index (Phi) is 34.4. The molecule has 11 heterocycles. The lowest BCUT2D eigenvalue weighted by molar-refractivity contribution is -0.342. The molecule has 0 unspecified atom stereocenters. The van der Waals surface area contributed by atoms with Gasteiger partial charge in [-0.15, -0.1) is 0 Å². The first kappa shape index (κ1) is 91.0. The minimum atomic E-state index is -1.72. The van der Waals surface area contributed by atoms with Gasteiger partial charge in [0.25, 0.3) is 29.4 Å². The average Bonchev–Trinajstić information content (AvgIpc) is 1.16. The van der Waals surface area contributed by atoms with Crippen LogP contribution in [0.1, 0.15) is 0 Å². The Bertz CT molecular complexity index is 3650. The van der Waals surface area contributed by atoms with Crippen molar-refractivity contribution in [3.05, 3.63) is 31.0 Å². The molecule has 6 fully saturated rings. The Labute approximate surface area is 658 Å². The van der Waals surface area contributed by atoms with Crippen molar-refractivity contribution in [3.8, 4) is 29.4 Å². The molecule has 0 aromatic carbocycles. The van der Waals surface area contributed by atoms with Crippen LogP contribution in [0.5, 0.6) is 29.4 Å². The molecule has 662 valence electrons. The lowest BCUT2D eigenvalue weighted by atomic mass is 9.98. The van der Waals surface area contributed by atoms with Crippen molar-refractivity contribution in [3.63, 3.8) is 0 Å². The predicted molar refractivity (Wildman–Crippen MR) is 356 cm³/mol. The van der Waals surface area contributed by atoms with E-state index in [1.165, 1.54) is 54.4 Å². The first-order valence-electron chi connectivity index (χ1n) is 36.4. The zero-order chi connectivity index (χ0) is 83.4. The van der Waals surface area contributed by atoms with Crippen molar-refractivity contribution in [1.29, 1.82) is 0 Å². The van der Waals surface area contributed by atoms with Crippen LogP contribution in [0, 0.1) is 0 Å². The second-order valence-electron chi connectivity index (χ2n) is 26.7. The summed E-state index contributed by atoms with van der Waals surface area (Å²) in [5.74, 6) is -0.452. The molecular weight excluding hydrogens is 1600 g/mol. The van der Waals surface area contributed by atoms with Crippen molar-refractivity contribution in [2.75, 3.05) is 106 Å². The fourth-order valence-corrected chi connectivity index (χ4v) is 12.2. The average molecular weight is 1700 g/mol. The molecule has 30 atom stereocenters. The predicted octanol–water partition coefficient (Wildman–Crippen LogP) is -15.9. The number of hydrogen-bond acceptors (Lipinski definition) is 51. The highest BCUT2D eigenvalue weighted by Crippen LogP contribution is 2.33. The lowest BCUT2D eigenvalue weighted by Gasteiger charge is -2.45. The van der Waals surface area contributed by atoms with Gasteiger partial charge in [0.1, 0.15) is 213 Å². The summed E-state index contributed by atoms with van der Waals surface area (Å²) >= 11 is 0. The summed E-state index contributed by atoms with van der Waals surface area (Å²) in [6.45, 7) is -9.03. The molecule has 56 nitrogen and oxygen atoms in total. The maximum Gasteiger partial charge on any atom is 0.253 e. The Balaban J connectivity index is 0.832. The van der Waals surface area contributed by atoms with E-state index in [-0.39, 0.29) is 102 Å². The van der Waals surface area contributed by atoms with E-state index in [1.807, 2.05) is 0 Å². The van der Waals surface area contributed by atoms with Crippen molar-refractivity contribution >= 4 is 0 Å². The fourth-order valence-electron chi connectivity index (χ4n) is 12.2. The molecule has 5 aromatic rings. The maximum atomic E-state index is 10.5. The zero-order valence-corrected chi connectivity index (χ0v) is 61.8. The summed E-state index contributed by atoms with van der Waals surface area (Å²) in [5, 5.41) is 244. The molecule has 6 aliphatic rings. The minimum Gasteiger partial charge on any atom is -0.473 e. The number of hydrogen-bond donors (Lipinski definition) is 20. The minimum absolute atomic E-state index is 0.0522. The lowest BCUT2D eigenvalue weighted by Crippen LogP contribution is -2.62. The highest BCUT2D eigenvalue weighted by molar-refractivity contribution is 5.04. The summed E-state index contributed by atoms with van der Waals surface area (Å²) in [5.41, 5.74) is 0. The highest BCUT2D eigenvalue weighted by Gasteiger charge is 2.52. The van der Waals surface area contributed by atoms with E-state index in [0.29, 0.717) is 0 Å². The van der Waals surface area contributed by atoms with Gasteiger partial charge in [0.2, 0.25) is 0 Å². The molecule has 0 amide bonds. The number of aromatic nitrogens is 15. The van der Waals surface area contributed by atoms with Crippen molar-refractivity contribution in [1.82, 2.24) is 75.0 Å². The standard InChI is InChI=1S/C61H97N15O41/c77-16-27-38(82)43(87)48(92)56(112-27)103-6-1-98-33-11-72(67-62-33)22-97-21-32-53(108-23-73-12-34(63-68-73)99-2-7-104-57-49(93)44(88)39(83)28(17-78)113-57)54(109-24-74-13-35(64-69-74)100-3-8-105-58-50(94)45(89)40(84)29(18-79)114-58)55(110-25-75-14-36(65-70-75)101-4-9-106-59-51(95)46(90)41(85)30(19-80)115-59)61(117-32)111-26-76-15-37(66-71-76)102-5-10-107-60-52(96)47(91)42(86)31(20-81)116-60/h11-15,27-32,38-61,77-96H,1-10,16-26H2/t27-,28-,29-,30-,31-,32-,38-,39-,40-,41-,42-,43+,44+,45+,46+,47+,48+,49+,50+,51+,52+,53-,54+,55-,56+,57+,58+,59+,60+,61-/m1/s1. The van der Waals surface area contributed by atoms with Crippen LogP contribution in [0.3, 0.4) is 0 Å². The van der Waals surface area contributed by atoms with Gasteiger partial charge in [-0.1, -0.05) is 51.6 Å².